The molecule has 0 unspecified atom stereocenters. The van der Waals surface area contributed by atoms with E-state index in [0.29, 0.717) is 22.2 Å². The van der Waals surface area contributed by atoms with Gasteiger partial charge in [0.25, 0.3) is 11.8 Å². The first-order chi connectivity index (χ1) is 10.5. The average molecular weight is 299 g/mol. The number of rotatable bonds is 4. The van der Waals surface area contributed by atoms with Crippen molar-refractivity contribution in [2.75, 3.05) is 6.54 Å². The molecular weight excluding hydrogens is 286 g/mol. The minimum atomic E-state index is -1.01. The van der Waals surface area contributed by atoms with Crippen LogP contribution in [0.3, 0.4) is 0 Å². The number of aryl methyl sites for hydroxylation is 1. The standard InChI is InChI=1S/C15H13N3O4/c1-8-12-13(9-4-2-3-5-10(9)17-8)15(22)18(14(12)21)16-7-6-11(19)20/h2-5,16H,6-7H2,1H3,(H,19,20). The SMILES string of the molecule is Cc1nc2ccccc2c2c1C(=O)N(NCCC(=O)O)C2=O. The third-order valence-electron chi connectivity index (χ3n) is 3.52. The molecule has 0 saturated carbocycles. The number of hydrazine groups is 1. The lowest BCUT2D eigenvalue weighted by molar-refractivity contribution is -0.137. The molecule has 2 N–H and O–H groups in total. The summed E-state index contributed by atoms with van der Waals surface area (Å²) in [6, 6.07) is 7.11. The third-order valence-corrected chi connectivity index (χ3v) is 3.52. The Morgan fingerprint density at radius 2 is 1.91 bits per heavy atom. The van der Waals surface area contributed by atoms with E-state index in [1.807, 2.05) is 6.07 Å². The molecule has 3 rings (SSSR count). The monoisotopic (exact) mass is 299 g/mol. The summed E-state index contributed by atoms with van der Waals surface area (Å²) in [7, 11) is 0. The van der Waals surface area contributed by atoms with E-state index >= 15 is 0 Å². The van der Waals surface area contributed by atoms with E-state index in [2.05, 4.69) is 10.4 Å². The predicted octanol–water partition coefficient (Wildman–Crippen LogP) is 1.12. The summed E-state index contributed by atoms with van der Waals surface area (Å²) in [6.07, 6.45) is -0.189. The summed E-state index contributed by atoms with van der Waals surface area (Å²) in [5.41, 5.74) is 4.29. The minimum absolute atomic E-state index is 0.00872. The van der Waals surface area contributed by atoms with E-state index in [0.717, 1.165) is 5.01 Å². The molecule has 22 heavy (non-hydrogen) atoms. The second kappa shape index (κ2) is 5.19. The van der Waals surface area contributed by atoms with Crippen molar-refractivity contribution < 1.29 is 19.5 Å². The van der Waals surface area contributed by atoms with Crippen LogP contribution in [0.25, 0.3) is 10.9 Å². The number of aromatic nitrogens is 1. The summed E-state index contributed by atoms with van der Waals surface area (Å²) in [4.78, 5) is 39.8. The zero-order valence-corrected chi connectivity index (χ0v) is 11.8. The van der Waals surface area contributed by atoms with Crippen LogP contribution >= 0.6 is 0 Å². The number of aliphatic carboxylic acids is 1. The molecule has 0 saturated heterocycles. The zero-order chi connectivity index (χ0) is 15.9. The van der Waals surface area contributed by atoms with Crippen molar-refractivity contribution in [1.29, 1.82) is 0 Å². The second-order valence-electron chi connectivity index (χ2n) is 4.96. The fourth-order valence-corrected chi connectivity index (χ4v) is 2.55. The molecule has 2 aromatic rings. The fraction of sp³-hybridized carbons (Fsp3) is 0.200. The maximum Gasteiger partial charge on any atom is 0.304 e. The number of amides is 2. The van der Waals surface area contributed by atoms with Gasteiger partial charge in [0.1, 0.15) is 0 Å². The Morgan fingerprint density at radius 1 is 1.23 bits per heavy atom. The van der Waals surface area contributed by atoms with E-state index in [1.54, 1.807) is 25.1 Å². The number of carboxylic acids is 1. The molecule has 7 nitrogen and oxygen atoms in total. The molecule has 0 bridgehead atoms. The number of hydrogen-bond donors (Lipinski definition) is 2. The Labute approximate surface area is 125 Å². The molecule has 112 valence electrons. The Morgan fingerprint density at radius 3 is 2.64 bits per heavy atom. The third kappa shape index (κ3) is 2.11. The van der Waals surface area contributed by atoms with Gasteiger partial charge in [-0.25, -0.2) is 10.4 Å². The summed E-state index contributed by atoms with van der Waals surface area (Å²) in [6.45, 7) is 1.67. The normalized spacial score (nSPS) is 13.8. The molecule has 0 atom stereocenters. The first kappa shape index (κ1) is 14.2. The maximum atomic E-state index is 12.5. The number of benzene rings is 1. The second-order valence-corrected chi connectivity index (χ2v) is 4.96. The minimum Gasteiger partial charge on any atom is -0.481 e. The summed E-state index contributed by atoms with van der Waals surface area (Å²) in [5.74, 6) is -1.99. The van der Waals surface area contributed by atoms with Crippen molar-refractivity contribution in [3.63, 3.8) is 0 Å². The number of imide groups is 1. The Kier molecular flexibility index (Phi) is 3.34. The van der Waals surface area contributed by atoms with E-state index in [4.69, 9.17) is 5.11 Å². The summed E-state index contributed by atoms with van der Waals surface area (Å²) >= 11 is 0. The number of carboxylic acid groups (broad SMARTS) is 1. The van der Waals surface area contributed by atoms with E-state index < -0.39 is 17.8 Å². The van der Waals surface area contributed by atoms with E-state index in [9.17, 15) is 14.4 Å². The number of para-hydroxylation sites is 1. The lowest BCUT2D eigenvalue weighted by Gasteiger charge is -2.14. The molecule has 1 aliphatic heterocycles. The van der Waals surface area contributed by atoms with Gasteiger partial charge in [0, 0.05) is 11.9 Å². The highest BCUT2D eigenvalue weighted by atomic mass is 16.4. The first-order valence-electron chi connectivity index (χ1n) is 6.74. The van der Waals surface area contributed by atoms with Crippen LogP contribution in [0.4, 0.5) is 0 Å². The van der Waals surface area contributed by atoms with Gasteiger partial charge in [0.15, 0.2) is 0 Å². The molecule has 7 heteroatoms. The van der Waals surface area contributed by atoms with Crippen LogP contribution in [-0.4, -0.2) is 39.4 Å². The van der Waals surface area contributed by atoms with Crippen LogP contribution in [0.15, 0.2) is 24.3 Å². The van der Waals surface area contributed by atoms with Crippen LogP contribution in [0.1, 0.15) is 32.8 Å². The number of carbonyl (C=O) groups is 3. The molecule has 0 aliphatic carbocycles. The molecule has 1 aliphatic rings. The molecule has 1 aromatic heterocycles. The lowest BCUT2D eigenvalue weighted by atomic mass is 10.0. The molecule has 2 amide bonds. The van der Waals surface area contributed by atoms with Gasteiger partial charge in [0.2, 0.25) is 0 Å². The van der Waals surface area contributed by atoms with Crippen molar-refractivity contribution in [2.45, 2.75) is 13.3 Å². The topological polar surface area (TPSA) is 99.6 Å². The molecule has 2 heterocycles. The Bertz CT molecular complexity index is 816. The highest BCUT2D eigenvalue weighted by molar-refractivity contribution is 6.26. The van der Waals surface area contributed by atoms with Crippen LogP contribution in [0.5, 0.6) is 0 Å². The largest absolute Gasteiger partial charge is 0.481 e. The molecule has 0 radical (unpaired) electrons. The first-order valence-corrected chi connectivity index (χ1v) is 6.74. The number of carbonyl (C=O) groups excluding carboxylic acids is 2. The van der Waals surface area contributed by atoms with Crippen molar-refractivity contribution in [2.24, 2.45) is 0 Å². The van der Waals surface area contributed by atoms with Gasteiger partial charge >= 0.3 is 5.97 Å². The van der Waals surface area contributed by atoms with Crippen LogP contribution < -0.4 is 5.43 Å². The van der Waals surface area contributed by atoms with Gasteiger partial charge in [-0.2, -0.15) is 0 Å². The van der Waals surface area contributed by atoms with Crippen molar-refractivity contribution >= 4 is 28.7 Å². The molecule has 0 fully saturated rings. The number of nitrogens with zero attached hydrogens (tertiary/aromatic N) is 2. The van der Waals surface area contributed by atoms with Gasteiger partial charge in [0.05, 0.1) is 28.8 Å². The summed E-state index contributed by atoms with van der Waals surface area (Å²) in [5, 5.41) is 10.1. The van der Waals surface area contributed by atoms with E-state index in [1.165, 1.54) is 0 Å². The quantitative estimate of drug-likeness (QED) is 0.821. The zero-order valence-electron chi connectivity index (χ0n) is 11.8. The van der Waals surface area contributed by atoms with Gasteiger partial charge in [-0.05, 0) is 13.0 Å². The smallest absolute Gasteiger partial charge is 0.304 e. The number of fused-ring (bicyclic) bond motifs is 3. The molecular formula is C15H13N3O4. The van der Waals surface area contributed by atoms with Gasteiger partial charge in [-0.1, -0.05) is 18.2 Å². The lowest BCUT2D eigenvalue weighted by Crippen LogP contribution is -2.43. The maximum absolute atomic E-state index is 12.5. The highest BCUT2D eigenvalue weighted by Gasteiger charge is 2.39. The van der Waals surface area contributed by atoms with Crippen LogP contribution in [0, 0.1) is 6.92 Å². The highest BCUT2D eigenvalue weighted by Crippen LogP contribution is 2.30. The Hall–Kier alpha value is -2.80. The van der Waals surface area contributed by atoms with Crippen LogP contribution in [-0.2, 0) is 4.79 Å². The average Bonchev–Trinajstić information content (AvgIpc) is 2.72. The van der Waals surface area contributed by atoms with Crippen LogP contribution in [0.2, 0.25) is 0 Å². The number of nitrogens with one attached hydrogen (secondary N) is 1. The van der Waals surface area contributed by atoms with Crippen molar-refractivity contribution in [1.82, 2.24) is 15.4 Å². The molecule has 0 spiro atoms. The van der Waals surface area contributed by atoms with Crippen molar-refractivity contribution in [3.05, 3.63) is 41.1 Å². The molecule has 1 aromatic carbocycles. The number of hydrogen-bond acceptors (Lipinski definition) is 5. The Balaban J connectivity index is 2.03. The van der Waals surface area contributed by atoms with Gasteiger partial charge in [-0.3, -0.25) is 19.4 Å². The fourth-order valence-electron chi connectivity index (χ4n) is 2.55. The predicted molar refractivity (Wildman–Crippen MR) is 77.2 cm³/mol. The van der Waals surface area contributed by atoms with Gasteiger partial charge < -0.3 is 5.11 Å². The summed E-state index contributed by atoms with van der Waals surface area (Å²) < 4.78 is 0. The van der Waals surface area contributed by atoms with E-state index in [-0.39, 0.29) is 18.5 Å². The number of pyridine rings is 1. The van der Waals surface area contributed by atoms with Crippen molar-refractivity contribution in [3.8, 4) is 0 Å². The van der Waals surface area contributed by atoms with Gasteiger partial charge in [-0.15, -0.1) is 0 Å².